The first kappa shape index (κ1) is 25.0. The third-order valence-corrected chi connectivity index (χ3v) is 8.51. The van der Waals surface area contributed by atoms with Crippen LogP contribution in [0.25, 0.3) is 22.0 Å². The Morgan fingerprint density at radius 1 is 0.949 bits per heavy atom. The monoisotopic (exact) mass is 538 g/mol. The van der Waals surface area contributed by atoms with Crippen molar-refractivity contribution in [2.24, 2.45) is 0 Å². The Hall–Kier alpha value is -4.34. The second kappa shape index (κ2) is 10.4. The number of rotatable bonds is 7. The molecule has 0 spiro atoms. The molecule has 2 aromatic heterocycles. The van der Waals surface area contributed by atoms with Crippen LogP contribution in [0.4, 0.5) is 0 Å². The summed E-state index contributed by atoms with van der Waals surface area (Å²) in [6.45, 7) is 0.810. The number of nitrogens with one attached hydrogen (secondary N) is 1. The fraction of sp³-hybridized carbons (Fsp3) is 0.167. The molecule has 3 heterocycles. The van der Waals surface area contributed by atoms with Crippen LogP contribution in [0.1, 0.15) is 29.3 Å². The Morgan fingerprint density at radius 3 is 2.49 bits per heavy atom. The lowest BCUT2D eigenvalue weighted by atomic mass is 10.00. The third-order valence-electron chi connectivity index (χ3n) is 7.04. The highest BCUT2D eigenvalue weighted by atomic mass is 32.2. The summed E-state index contributed by atoms with van der Waals surface area (Å²) in [6, 6.07) is 24.8. The number of sulfonamides is 1. The van der Waals surface area contributed by atoms with Crippen LogP contribution in [0.3, 0.4) is 0 Å². The van der Waals surface area contributed by atoms with Crippen molar-refractivity contribution in [1.29, 1.82) is 0 Å². The SMILES string of the molecule is O=C(C[C@@H](NS(=O)(=O)c1ccc2ccccc2c1)c1ccccc1)N1CCc2onc(-c3ccncc3)c2C1. The minimum absolute atomic E-state index is 0.0258. The van der Waals surface area contributed by atoms with Gasteiger partial charge < -0.3 is 9.42 Å². The van der Waals surface area contributed by atoms with Gasteiger partial charge in [-0.1, -0.05) is 65.8 Å². The van der Waals surface area contributed by atoms with E-state index < -0.39 is 16.1 Å². The van der Waals surface area contributed by atoms with Crippen molar-refractivity contribution in [3.63, 3.8) is 0 Å². The van der Waals surface area contributed by atoms with Gasteiger partial charge in [-0.25, -0.2) is 13.1 Å². The molecule has 9 heteroatoms. The summed E-state index contributed by atoms with van der Waals surface area (Å²) in [7, 11) is -3.91. The van der Waals surface area contributed by atoms with Crippen molar-refractivity contribution in [2.45, 2.75) is 30.3 Å². The van der Waals surface area contributed by atoms with Gasteiger partial charge in [0.15, 0.2) is 0 Å². The normalized spacial score (nSPS) is 14.2. The van der Waals surface area contributed by atoms with Crippen molar-refractivity contribution in [1.82, 2.24) is 19.8 Å². The molecule has 0 bridgehead atoms. The van der Waals surface area contributed by atoms with E-state index in [1.807, 2.05) is 66.7 Å². The molecule has 0 radical (unpaired) electrons. The molecule has 6 rings (SSSR count). The van der Waals surface area contributed by atoms with Crippen molar-refractivity contribution in [3.05, 3.63) is 114 Å². The highest BCUT2D eigenvalue weighted by Crippen LogP contribution is 2.31. The fourth-order valence-electron chi connectivity index (χ4n) is 4.97. The molecule has 0 fully saturated rings. The molecule has 1 N–H and O–H groups in total. The van der Waals surface area contributed by atoms with E-state index in [0.717, 1.165) is 33.2 Å². The van der Waals surface area contributed by atoms with Gasteiger partial charge >= 0.3 is 0 Å². The molecular formula is C30H26N4O4S. The van der Waals surface area contributed by atoms with Gasteiger partial charge in [-0.15, -0.1) is 0 Å². The zero-order valence-electron chi connectivity index (χ0n) is 21.0. The summed E-state index contributed by atoms with van der Waals surface area (Å²) in [5.41, 5.74) is 3.15. The highest BCUT2D eigenvalue weighted by Gasteiger charge is 2.30. The molecule has 196 valence electrons. The van der Waals surface area contributed by atoms with E-state index in [2.05, 4.69) is 14.9 Å². The predicted molar refractivity (Wildman–Crippen MR) is 147 cm³/mol. The summed E-state index contributed by atoms with van der Waals surface area (Å²) >= 11 is 0. The number of amides is 1. The number of hydrogen-bond donors (Lipinski definition) is 1. The maximum Gasteiger partial charge on any atom is 0.241 e. The van der Waals surface area contributed by atoms with E-state index in [9.17, 15) is 13.2 Å². The Morgan fingerprint density at radius 2 is 1.69 bits per heavy atom. The quantitative estimate of drug-likeness (QED) is 0.317. The highest BCUT2D eigenvalue weighted by molar-refractivity contribution is 7.89. The van der Waals surface area contributed by atoms with Gasteiger partial charge in [0.25, 0.3) is 0 Å². The lowest BCUT2D eigenvalue weighted by Crippen LogP contribution is -2.39. The molecule has 1 amide bonds. The van der Waals surface area contributed by atoms with Crippen LogP contribution in [0.5, 0.6) is 0 Å². The first-order chi connectivity index (χ1) is 19.0. The molecule has 3 aromatic carbocycles. The maximum absolute atomic E-state index is 13.6. The number of carbonyl (C=O) groups excluding carboxylic acids is 1. The van der Waals surface area contributed by atoms with Crippen molar-refractivity contribution < 1.29 is 17.7 Å². The first-order valence-corrected chi connectivity index (χ1v) is 14.2. The number of aromatic nitrogens is 2. The molecule has 1 aliphatic rings. The average Bonchev–Trinajstić information content (AvgIpc) is 3.41. The molecule has 0 saturated carbocycles. The second-order valence-corrected chi connectivity index (χ2v) is 11.2. The van der Waals surface area contributed by atoms with Crippen LogP contribution < -0.4 is 4.72 Å². The average molecular weight is 539 g/mol. The van der Waals surface area contributed by atoms with Gasteiger partial charge in [0.1, 0.15) is 11.5 Å². The number of carbonyl (C=O) groups is 1. The smallest absolute Gasteiger partial charge is 0.241 e. The number of hydrogen-bond acceptors (Lipinski definition) is 6. The van der Waals surface area contributed by atoms with Crippen molar-refractivity contribution in [3.8, 4) is 11.3 Å². The number of fused-ring (bicyclic) bond motifs is 2. The van der Waals surface area contributed by atoms with Crippen LogP contribution in [-0.2, 0) is 27.8 Å². The summed E-state index contributed by atoms with van der Waals surface area (Å²) in [5.74, 6) is 0.611. The lowest BCUT2D eigenvalue weighted by Gasteiger charge is -2.28. The van der Waals surface area contributed by atoms with Gasteiger partial charge in [0.05, 0.1) is 17.5 Å². The zero-order chi connectivity index (χ0) is 26.8. The third kappa shape index (κ3) is 5.19. The number of pyridine rings is 1. The number of benzene rings is 3. The van der Waals surface area contributed by atoms with Crippen LogP contribution in [-0.4, -0.2) is 35.9 Å². The Bertz CT molecular complexity index is 1740. The van der Waals surface area contributed by atoms with E-state index in [1.165, 1.54) is 0 Å². The minimum atomic E-state index is -3.91. The van der Waals surface area contributed by atoms with Gasteiger partial charge in [0.2, 0.25) is 15.9 Å². The second-order valence-electron chi connectivity index (χ2n) is 9.53. The molecule has 1 aliphatic heterocycles. The molecule has 1 atom stereocenters. The molecule has 0 aliphatic carbocycles. The fourth-order valence-corrected chi connectivity index (χ4v) is 6.22. The van der Waals surface area contributed by atoms with Crippen LogP contribution in [0.15, 0.2) is 107 Å². The van der Waals surface area contributed by atoms with Gasteiger partial charge in [0, 0.05) is 42.9 Å². The standard InChI is InChI=1S/C30H26N4O4S/c35-29(34-17-14-28-26(20-34)30(32-38-28)23-12-15-31-16-13-23)19-27(22-7-2-1-3-8-22)33-39(36,37)25-11-10-21-6-4-5-9-24(21)18-25/h1-13,15-16,18,27,33H,14,17,19-20H2/t27-/m1/s1. The van der Waals surface area contributed by atoms with Gasteiger partial charge in [-0.2, -0.15) is 0 Å². The summed E-state index contributed by atoms with van der Waals surface area (Å²) in [5, 5.41) is 6.03. The van der Waals surface area contributed by atoms with E-state index >= 15 is 0 Å². The first-order valence-electron chi connectivity index (χ1n) is 12.7. The topological polar surface area (TPSA) is 105 Å². The van der Waals surface area contributed by atoms with E-state index in [1.54, 1.807) is 35.5 Å². The maximum atomic E-state index is 13.6. The van der Waals surface area contributed by atoms with E-state index in [0.29, 0.717) is 25.2 Å². The van der Waals surface area contributed by atoms with E-state index in [4.69, 9.17) is 4.52 Å². The summed E-state index contributed by atoms with van der Waals surface area (Å²) in [6.07, 6.45) is 3.89. The molecule has 8 nitrogen and oxygen atoms in total. The molecule has 5 aromatic rings. The van der Waals surface area contributed by atoms with Crippen LogP contribution in [0.2, 0.25) is 0 Å². The van der Waals surface area contributed by atoms with Crippen LogP contribution >= 0.6 is 0 Å². The largest absolute Gasteiger partial charge is 0.360 e. The Balaban J connectivity index is 1.25. The van der Waals surface area contributed by atoms with Gasteiger partial charge in [-0.3, -0.25) is 9.78 Å². The van der Waals surface area contributed by atoms with Crippen LogP contribution in [0, 0.1) is 0 Å². The van der Waals surface area contributed by atoms with E-state index in [-0.39, 0.29) is 17.2 Å². The molecule has 39 heavy (non-hydrogen) atoms. The summed E-state index contributed by atoms with van der Waals surface area (Å²) in [4.78, 5) is 19.5. The minimum Gasteiger partial charge on any atom is -0.360 e. The van der Waals surface area contributed by atoms with Gasteiger partial charge in [-0.05, 0) is 40.6 Å². The summed E-state index contributed by atoms with van der Waals surface area (Å²) < 4.78 is 35.3. The molecular weight excluding hydrogens is 512 g/mol. The van der Waals surface area contributed by atoms with Crippen molar-refractivity contribution in [2.75, 3.05) is 6.54 Å². The predicted octanol–water partition coefficient (Wildman–Crippen LogP) is 4.88. The molecule has 0 unspecified atom stereocenters. The molecule has 0 saturated heterocycles. The Kier molecular flexibility index (Phi) is 6.68. The zero-order valence-corrected chi connectivity index (χ0v) is 21.8. The Labute approximate surface area is 226 Å². The van der Waals surface area contributed by atoms with Crippen molar-refractivity contribution >= 4 is 26.7 Å². The number of nitrogens with zero attached hydrogens (tertiary/aromatic N) is 3. The lowest BCUT2D eigenvalue weighted by molar-refractivity contribution is -0.132.